The number of hydrogen-bond donors (Lipinski definition) is 3. The highest BCUT2D eigenvalue weighted by atomic mass is 32.2. The number of rotatable bonds is 5. The second-order valence-corrected chi connectivity index (χ2v) is 9.99. The van der Waals surface area contributed by atoms with Crippen molar-refractivity contribution in [2.75, 3.05) is 11.1 Å². The molecule has 4 rings (SSSR count). The highest BCUT2D eigenvalue weighted by Crippen LogP contribution is 2.36. The SMILES string of the molecule is CC(C)NC(=O)O[C@@H]1CC[C@H](c2cc(Nc3cc4c(cn3)CCS4(=O)=O)n[nH]2)C1. The number of alkyl carbamates (subject to hydrolysis) is 1. The molecule has 0 bridgehead atoms. The molecule has 10 heteroatoms. The zero-order valence-corrected chi connectivity index (χ0v) is 17.3. The molecule has 9 nitrogen and oxygen atoms in total. The van der Waals surface area contributed by atoms with Crippen LogP contribution < -0.4 is 10.6 Å². The van der Waals surface area contributed by atoms with Crippen LogP contribution in [0.25, 0.3) is 0 Å². The van der Waals surface area contributed by atoms with Crippen molar-refractivity contribution in [1.29, 1.82) is 0 Å². The van der Waals surface area contributed by atoms with E-state index in [2.05, 4.69) is 25.8 Å². The predicted molar refractivity (Wildman–Crippen MR) is 107 cm³/mol. The Labute approximate surface area is 169 Å². The van der Waals surface area contributed by atoms with Gasteiger partial charge >= 0.3 is 6.09 Å². The number of aryl methyl sites for hydroxylation is 1. The number of nitrogens with one attached hydrogen (secondary N) is 3. The number of ether oxygens (including phenoxy) is 1. The highest BCUT2D eigenvalue weighted by Gasteiger charge is 2.30. The molecule has 1 aliphatic heterocycles. The van der Waals surface area contributed by atoms with Gasteiger partial charge in [-0.1, -0.05) is 0 Å². The van der Waals surface area contributed by atoms with Gasteiger partial charge in [0.05, 0.1) is 10.6 Å². The molecule has 0 spiro atoms. The van der Waals surface area contributed by atoms with Gasteiger partial charge in [-0.3, -0.25) is 5.10 Å². The maximum atomic E-state index is 12.1. The first-order valence-electron chi connectivity index (χ1n) is 9.81. The minimum Gasteiger partial charge on any atom is -0.446 e. The fraction of sp³-hybridized carbons (Fsp3) is 0.526. The van der Waals surface area contributed by atoms with E-state index in [9.17, 15) is 13.2 Å². The lowest BCUT2D eigenvalue weighted by molar-refractivity contribution is 0.0981. The Bertz CT molecular complexity index is 1020. The lowest BCUT2D eigenvalue weighted by Gasteiger charge is -2.14. The van der Waals surface area contributed by atoms with Crippen molar-refractivity contribution in [3.05, 3.63) is 29.6 Å². The molecular weight excluding hydrogens is 394 g/mol. The Hall–Kier alpha value is -2.62. The third-order valence-electron chi connectivity index (χ3n) is 5.28. The molecule has 0 aromatic carbocycles. The molecular formula is C19H25N5O4S. The van der Waals surface area contributed by atoms with Crippen LogP contribution in [0.2, 0.25) is 0 Å². The van der Waals surface area contributed by atoms with Gasteiger partial charge in [0.25, 0.3) is 0 Å². The summed E-state index contributed by atoms with van der Waals surface area (Å²) in [5, 5.41) is 13.1. The number of carbonyl (C=O) groups is 1. The van der Waals surface area contributed by atoms with Crippen LogP contribution in [-0.4, -0.2) is 47.6 Å². The largest absolute Gasteiger partial charge is 0.446 e. The summed E-state index contributed by atoms with van der Waals surface area (Å²) in [4.78, 5) is 16.4. The van der Waals surface area contributed by atoms with Gasteiger partial charge in [-0.05, 0) is 51.2 Å². The molecule has 29 heavy (non-hydrogen) atoms. The zero-order chi connectivity index (χ0) is 20.6. The summed E-state index contributed by atoms with van der Waals surface area (Å²) in [6.07, 6.45) is 4.08. The third kappa shape index (κ3) is 4.36. The van der Waals surface area contributed by atoms with Crippen molar-refractivity contribution < 1.29 is 17.9 Å². The fourth-order valence-corrected chi connectivity index (χ4v) is 5.41. The van der Waals surface area contributed by atoms with Gasteiger partial charge in [0, 0.05) is 29.9 Å². The van der Waals surface area contributed by atoms with Gasteiger partial charge in [-0.15, -0.1) is 0 Å². The summed E-state index contributed by atoms with van der Waals surface area (Å²) in [5.74, 6) is 1.39. The van der Waals surface area contributed by atoms with Crippen LogP contribution in [0.4, 0.5) is 16.4 Å². The number of aromatic amines is 1. The smallest absolute Gasteiger partial charge is 0.407 e. The molecule has 2 aromatic rings. The second kappa shape index (κ2) is 7.66. The Morgan fingerprint density at radius 1 is 1.28 bits per heavy atom. The van der Waals surface area contributed by atoms with Crippen molar-refractivity contribution >= 4 is 27.6 Å². The second-order valence-electron chi connectivity index (χ2n) is 7.92. The summed E-state index contributed by atoms with van der Waals surface area (Å²) in [6, 6.07) is 3.51. The number of amides is 1. The average Bonchev–Trinajstić information content (AvgIpc) is 3.35. The molecule has 1 amide bonds. The number of H-pyrrole nitrogens is 1. The number of pyridine rings is 1. The number of sulfone groups is 1. The van der Waals surface area contributed by atoms with Crippen LogP contribution in [0.1, 0.15) is 50.3 Å². The van der Waals surface area contributed by atoms with Crippen LogP contribution in [-0.2, 0) is 21.0 Å². The molecule has 1 saturated carbocycles. The molecule has 0 saturated heterocycles. The van der Waals surface area contributed by atoms with E-state index in [1.807, 2.05) is 19.9 Å². The molecule has 2 aromatic heterocycles. The van der Waals surface area contributed by atoms with E-state index in [4.69, 9.17) is 4.74 Å². The number of aromatic nitrogens is 3. The lowest BCUT2D eigenvalue weighted by Crippen LogP contribution is -2.33. The normalized spacial score (nSPS) is 22.4. The average molecular weight is 420 g/mol. The molecule has 156 valence electrons. The van der Waals surface area contributed by atoms with E-state index >= 15 is 0 Å². The van der Waals surface area contributed by atoms with E-state index in [-0.39, 0.29) is 29.9 Å². The highest BCUT2D eigenvalue weighted by molar-refractivity contribution is 7.91. The molecule has 1 aliphatic carbocycles. The number of hydrogen-bond acceptors (Lipinski definition) is 7. The maximum Gasteiger partial charge on any atom is 0.407 e. The van der Waals surface area contributed by atoms with E-state index in [1.165, 1.54) is 0 Å². The summed E-state index contributed by atoms with van der Waals surface area (Å²) < 4.78 is 29.6. The summed E-state index contributed by atoms with van der Waals surface area (Å²) in [7, 11) is -3.21. The molecule has 1 fully saturated rings. The van der Waals surface area contributed by atoms with Crippen LogP contribution >= 0.6 is 0 Å². The Balaban J connectivity index is 1.38. The van der Waals surface area contributed by atoms with Crippen molar-refractivity contribution in [3.8, 4) is 0 Å². The number of nitrogens with zero attached hydrogens (tertiary/aromatic N) is 2. The third-order valence-corrected chi connectivity index (χ3v) is 7.07. The molecule has 3 N–H and O–H groups in total. The van der Waals surface area contributed by atoms with Crippen molar-refractivity contribution in [1.82, 2.24) is 20.5 Å². The van der Waals surface area contributed by atoms with Gasteiger partial charge in [0.2, 0.25) is 0 Å². The monoisotopic (exact) mass is 419 g/mol. The lowest BCUT2D eigenvalue weighted by atomic mass is 10.0. The maximum absolute atomic E-state index is 12.1. The van der Waals surface area contributed by atoms with Gasteiger partial charge in [-0.25, -0.2) is 18.2 Å². The van der Waals surface area contributed by atoms with Crippen molar-refractivity contribution in [2.45, 2.75) is 62.5 Å². The first-order chi connectivity index (χ1) is 13.8. The summed E-state index contributed by atoms with van der Waals surface area (Å²) in [6.45, 7) is 3.78. The quantitative estimate of drug-likeness (QED) is 0.680. The number of carbonyl (C=O) groups excluding carboxylic acids is 1. The first-order valence-corrected chi connectivity index (χ1v) is 11.5. The van der Waals surface area contributed by atoms with Crippen LogP contribution in [0.3, 0.4) is 0 Å². The molecule has 0 unspecified atom stereocenters. The Kier molecular flexibility index (Phi) is 5.20. The van der Waals surface area contributed by atoms with E-state index in [0.29, 0.717) is 23.0 Å². The van der Waals surface area contributed by atoms with Gasteiger partial charge in [0.1, 0.15) is 11.9 Å². The van der Waals surface area contributed by atoms with E-state index in [1.54, 1.807) is 12.3 Å². The van der Waals surface area contributed by atoms with E-state index < -0.39 is 9.84 Å². The number of anilines is 2. The zero-order valence-electron chi connectivity index (χ0n) is 16.4. The van der Waals surface area contributed by atoms with Crippen molar-refractivity contribution in [2.24, 2.45) is 0 Å². The van der Waals surface area contributed by atoms with E-state index in [0.717, 1.165) is 30.5 Å². The summed E-state index contributed by atoms with van der Waals surface area (Å²) in [5.41, 5.74) is 1.72. The van der Waals surface area contributed by atoms with Gasteiger partial charge in [0.15, 0.2) is 15.7 Å². The van der Waals surface area contributed by atoms with Gasteiger partial charge in [-0.2, -0.15) is 5.10 Å². The molecule has 3 heterocycles. The Morgan fingerprint density at radius 2 is 2.10 bits per heavy atom. The van der Waals surface area contributed by atoms with Gasteiger partial charge < -0.3 is 15.4 Å². The standard InChI is InChI=1S/C19H25N5O4S/c1-11(2)21-19(25)28-14-4-3-12(7-14)15-8-18(24-23-15)22-17-9-16-13(10-20-17)5-6-29(16,26)27/h8-12,14H,3-7H2,1-2H3,(H,21,25)(H2,20,22,23,24)/t12-,14+/m0/s1. The fourth-order valence-electron chi connectivity index (χ4n) is 3.86. The van der Waals surface area contributed by atoms with Crippen LogP contribution in [0.5, 0.6) is 0 Å². The van der Waals surface area contributed by atoms with Crippen LogP contribution in [0.15, 0.2) is 23.2 Å². The Morgan fingerprint density at radius 3 is 2.90 bits per heavy atom. The first kappa shape index (κ1) is 19.7. The predicted octanol–water partition coefficient (Wildman–Crippen LogP) is 2.65. The topological polar surface area (TPSA) is 126 Å². The van der Waals surface area contributed by atoms with Crippen LogP contribution in [0, 0.1) is 0 Å². The van der Waals surface area contributed by atoms with Crippen molar-refractivity contribution in [3.63, 3.8) is 0 Å². The minimum atomic E-state index is -3.21. The molecule has 0 radical (unpaired) electrons. The summed E-state index contributed by atoms with van der Waals surface area (Å²) >= 11 is 0. The molecule has 2 aliphatic rings. The minimum absolute atomic E-state index is 0.0451. The molecule has 2 atom stereocenters. The number of fused-ring (bicyclic) bond motifs is 1.